The van der Waals surface area contributed by atoms with E-state index in [-0.39, 0.29) is 0 Å². The molecule has 0 bridgehead atoms. The van der Waals surface area contributed by atoms with Gasteiger partial charge < -0.3 is 10.8 Å². The van der Waals surface area contributed by atoms with Gasteiger partial charge in [-0.1, -0.05) is 6.07 Å². The molecule has 1 unspecified atom stereocenters. The predicted molar refractivity (Wildman–Crippen MR) is 52.2 cm³/mol. The van der Waals surface area contributed by atoms with Crippen molar-refractivity contribution in [1.29, 1.82) is 0 Å². The fraction of sp³-hybridized carbons (Fsp3) is 0.500. The van der Waals surface area contributed by atoms with Crippen LogP contribution in [-0.2, 0) is 6.42 Å². The highest BCUT2D eigenvalue weighted by atomic mass is 16.3. The Hall–Kier alpha value is -0.930. The van der Waals surface area contributed by atoms with E-state index in [9.17, 15) is 5.11 Å². The van der Waals surface area contributed by atoms with E-state index in [2.05, 4.69) is 4.98 Å². The molecule has 72 valence electrons. The first-order valence-electron chi connectivity index (χ1n) is 4.45. The topological polar surface area (TPSA) is 59.1 Å². The lowest BCUT2D eigenvalue weighted by Gasteiger charge is -2.22. The molecule has 3 nitrogen and oxygen atoms in total. The van der Waals surface area contributed by atoms with Gasteiger partial charge in [0.05, 0.1) is 5.60 Å². The monoisotopic (exact) mass is 180 g/mol. The van der Waals surface area contributed by atoms with Crippen LogP contribution in [0.25, 0.3) is 0 Å². The highest BCUT2D eigenvalue weighted by Gasteiger charge is 2.19. The van der Waals surface area contributed by atoms with E-state index < -0.39 is 5.60 Å². The van der Waals surface area contributed by atoms with Gasteiger partial charge in [-0.05, 0) is 31.5 Å². The molecule has 1 aromatic rings. The minimum Gasteiger partial charge on any atom is -0.390 e. The van der Waals surface area contributed by atoms with Crippen LogP contribution >= 0.6 is 0 Å². The summed E-state index contributed by atoms with van der Waals surface area (Å²) in [5, 5.41) is 9.86. The van der Waals surface area contributed by atoms with Gasteiger partial charge in [0.15, 0.2) is 0 Å². The van der Waals surface area contributed by atoms with Crippen molar-refractivity contribution in [3.05, 3.63) is 30.1 Å². The molecule has 0 aromatic carbocycles. The van der Waals surface area contributed by atoms with Crippen LogP contribution in [0.1, 0.15) is 18.9 Å². The molecule has 0 aliphatic heterocycles. The summed E-state index contributed by atoms with van der Waals surface area (Å²) < 4.78 is 0. The molecule has 0 saturated carbocycles. The van der Waals surface area contributed by atoms with Crippen molar-refractivity contribution in [3.8, 4) is 0 Å². The van der Waals surface area contributed by atoms with Crippen LogP contribution in [0.15, 0.2) is 24.5 Å². The van der Waals surface area contributed by atoms with E-state index in [0.717, 1.165) is 5.56 Å². The lowest BCUT2D eigenvalue weighted by Crippen LogP contribution is -2.30. The number of aliphatic hydroxyl groups is 1. The Labute approximate surface area is 78.6 Å². The average Bonchev–Trinajstić information content (AvgIpc) is 2.04. The van der Waals surface area contributed by atoms with Crippen molar-refractivity contribution in [3.63, 3.8) is 0 Å². The third-order valence-electron chi connectivity index (χ3n) is 1.99. The zero-order valence-electron chi connectivity index (χ0n) is 7.90. The van der Waals surface area contributed by atoms with E-state index in [4.69, 9.17) is 5.73 Å². The van der Waals surface area contributed by atoms with E-state index in [1.54, 1.807) is 19.3 Å². The minimum absolute atomic E-state index is 0.507. The molecule has 13 heavy (non-hydrogen) atoms. The lowest BCUT2D eigenvalue weighted by atomic mass is 9.94. The van der Waals surface area contributed by atoms with E-state index in [1.807, 2.05) is 12.1 Å². The van der Waals surface area contributed by atoms with Crippen molar-refractivity contribution in [2.45, 2.75) is 25.4 Å². The van der Waals surface area contributed by atoms with Crippen molar-refractivity contribution in [2.75, 3.05) is 6.54 Å². The van der Waals surface area contributed by atoms with Gasteiger partial charge in [0, 0.05) is 18.8 Å². The molecule has 1 rings (SSSR count). The maximum atomic E-state index is 9.86. The van der Waals surface area contributed by atoms with Gasteiger partial charge >= 0.3 is 0 Å². The number of rotatable bonds is 4. The normalized spacial score (nSPS) is 15.3. The Morgan fingerprint density at radius 1 is 1.62 bits per heavy atom. The smallest absolute Gasteiger partial charge is 0.0672 e. The second-order valence-corrected chi connectivity index (χ2v) is 3.57. The molecule has 3 heteroatoms. The van der Waals surface area contributed by atoms with E-state index >= 15 is 0 Å². The van der Waals surface area contributed by atoms with Crippen molar-refractivity contribution in [1.82, 2.24) is 4.98 Å². The number of hydrogen-bond donors (Lipinski definition) is 2. The summed E-state index contributed by atoms with van der Waals surface area (Å²) in [4.78, 5) is 3.99. The summed E-state index contributed by atoms with van der Waals surface area (Å²) in [6.45, 7) is 2.31. The maximum Gasteiger partial charge on any atom is 0.0672 e. The van der Waals surface area contributed by atoms with Crippen molar-refractivity contribution >= 4 is 0 Å². The fourth-order valence-electron chi connectivity index (χ4n) is 1.34. The zero-order valence-corrected chi connectivity index (χ0v) is 7.90. The largest absolute Gasteiger partial charge is 0.390 e. The fourth-order valence-corrected chi connectivity index (χ4v) is 1.34. The first kappa shape index (κ1) is 10.2. The number of aromatic nitrogens is 1. The van der Waals surface area contributed by atoms with Crippen molar-refractivity contribution < 1.29 is 5.11 Å². The van der Waals surface area contributed by atoms with Gasteiger partial charge in [-0.2, -0.15) is 0 Å². The Morgan fingerprint density at radius 3 is 2.92 bits per heavy atom. The van der Waals surface area contributed by atoms with Gasteiger partial charge in [-0.15, -0.1) is 0 Å². The zero-order chi connectivity index (χ0) is 9.73. The Bertz CT molecular complexity index is 246. The quantitative estimate of drug-likeness (QED) is 0.718. The maximum absolute atomic E-state index is 9.86. The van der Waals surface area contributed by atoms with E-state index in [0.29, 0.717) is 19.4 Å². The second-order valence-electron chi connectivity index (χ2n) is 3.57. The third-order valence-corrected chi connectivity index (χ3v) is 1.99. The highest BCUT2D eigenvalue weighted by molar-refractivity contribution is 5.11. The molecule has 0 radical (unpaired) electrons. The summed E-state index contributed by atoms with van der Waals surface area (Å²) in [6.07, 6.45) is 4.71. The number of nitrogens with two attached hydrogens (primary N) is 1. The van der Waals surface area contributed by atoms with Crippen LogP contribution in [0.4, 0.5) is 0 Å². The number of nitrogens with zero attached hydrogens (tertiary/aromatic N) is 1. The molecule has 1 heterocycles. The number of hydrogen-bond acceptors (Lipinski definition) is 3. The van der Waals surface area contributed by atoms with Gasteiger partial charge in [-0.3, -0.25) is 4.98 Å². The molecule has 0 aliphatic carbocycles. The molecule has 0 spiro atoms. The SMILES string of the molecule is CC(O)(CCN)Cc1cccnc1. The van der Waals surface area contributed by atoms with Gasteiger partial charge in [0.1, 0.15) is 0 Å². The van der Waals surface area contributed by atoms with Gasteiger partial charge in [0.2, 0.25) is 0 Å². The molecule has 1 aromatic heterocycles. The standard InChI is InChI=1S/C10H16N2O/c1-10(13,4-5-11)7-9-3-2-6-12-8-9/h2-3,6,8,13H,4-5,7,11H2,1H3. The second kappa shape index (κ2) is 4.35. The van der Waals surface area contributed by atoms with Gasteiger partial charge in [-0.25, -0.2) is 0 Å². The summed E-state index contributed by atoms with van der Waals surface area (Å²) >= 11 is 0. The molecule has 1 atom stereocenters. The van der Waals surface area contributed by atoms with Crippen LogP contribution in [0, 0.1) is 0 Å². The predicted octanol–water partition coefficient (Wildman–Crippen LogP) is 0.724. The van der Waals surface area contributed by atoms with Crippen molar-refractivity contribution in [2.24, 2.45) is 5.73 Å². The Balaban J connectivity index is 2.58. The molecule has 0 fully saturated rings. The first-order valence-corrected chi connectivity index (χ1v) is 4.45. The number of pyridine rings is 1. The van der Waals surface area contributed by atoms with Crippen LogP contribution < -0.4 is 5.73 Å². The van der Waals surface area contributed by atoms with Crippen LogP contribution in [0.5, 0.6) is 0 Å². The Morgan fingerprint density at radius 2 is 2.38 bits per heavy atom. The van der Waals surface area contributed by atoms with Gasteiger partial charge in [0.25, 0.3) is 0 Å². The summed E-state index contributed by atoms with van der Waals surface area (Å²) in [7, 11) is 0. The van der Waals surface area contributed by atoms with Crippen LogP contribution in [-0.4, -0.2) is 22.2 Å². The molecule has 0 saturated heterocycles. The van der Waals surface area contributed by atoms with Crippen LogP contribution in [0.2, 0.25) is 0 Å². The highest BCUT2D eigenvalue weighted by Crippen LogP contribution is 2.14. The molecular weight excluding hydrogens is 164 g/mol. The minimum atomic E-state index is -0.711. The Kier molecular flexibility index (Phi) is 3.39. The van der Waals surface area contributed by atoms with E-state index in [1.165, 1.54) is 0 Å². The molecular formula is C10H16N2O. The van der Waals surface area contributed by atoms with Crippen LogP contribution in [0.3, 0.4) is 0 Å². The lowest BCUT2D eigenvalue weighted by molar-refractivity contribution is 0.0538. The first-order chi connectivity index (χ1) is 6.14. The summed E-state index contributed by atoms with van der Waals surface area (Å²) in [6, 6.07) is 3.83. The molecule has 0 aliphatic rings. The third kappa shape index (κ3) is 3.53. The molecule has 0 amide bonds. The average molecular weight is 180 g/mol. The summed E-state index contributed by atoms with van der Waals surface area (Å²) in [5.41, 5.74) is 5.72. The summed E-state index contributed by atoms with van der Waals surface area (Å²) in [5.74, 6) is 0. The molecule has 3 N–H and O–H groups in total.